The molecule has 0 aliphatic rings. The van der Waals surface area contributed by atoms with Gasteiger partial charge < -0.3 is 5.11 Å². The molecular formula is C9H11NO2. The average molecular weight is 165 g/mol. The summed E-state index contributed by atoms with van der Waals surface area (Å²) in [4.78, 5) is 14.5. The quantitative estimate of drug-likeness (QED) is 0.729. The molecule has 3 heteroatoms. The minimum atomic E-state index is -0.689. The molecule has 0 saturated carbocycles. The molecule has 0 aliphatic carbocycles. The molecule has 3 nitrogen and oxygen atoms in total. The van der Waals surface area contributed by atoms with Crippen LogP contribution in [0.5, 0.6) is 0 Å². The molecule has 12 heavy (non-hydrogen) atoms. The highest BCUT2D eigenvalue weighted by atomic mass is 16.3. The van der Waals surface area contributed by atoms with E-state index in [1.54, 1.807) is 24.5 Å². The lowest BCUT2D eigenvalue weighted by atomic mass is 10.1. The lowest BCUT2D eigenvalue weighted by Gasteiger charge is -2.07. The summed E-state index contributed by atoms with van der Waals surface area (Å²) in [5.41, 5.74) is 0.736. The van der Waals surface area contributed by atoms with E-state index in [1.807, 2.05) is 0 Å². The van der Waals surface area contributed by atoms with Crippen molar-refractivity contribution in [3.05, 3.63) is 30.1 Å². The lowest BCUT2D eigenvalue weighted by molar-refractivity contribution is -0.118. The molecule has 1 heterocycles. The van der Waals surface area contributed by atoms with Gasteiger partial charge in [0.2, 0.25) is 0 Å². The Balaban J connectivity index is 2.65. The predicted octanol–water partition coefficient (Wildman–Crippen LogP) is 1.09. The molecule has 1 rings (SSSR count). The highest BCUT2D eigenvalue weighted by molar-refractivity contribution is 5.76. The Bertz CT molecular complexity index is 258. The highest BCUT2D eigenvalue weighted by Gasteiger charge is 2.08. The number of nitrogens with zero attached hydrogens (tertiary/aromatic N) is 1. The van der Waals surface area contributed by atoms with Crippen LogP contribution < -0.4 is 0 Å². The van der Waals surface area contributed by atoms with E-state index in [2.05, 4.69) is 4.98 Å². The number of hydrogen-bond donors (Lipinski definition) is 1. The fourth-order valence-electron chi connectivity index (χ4n) is 0.976. The van der Waals surface area contributed by atoms with E-state index in [4.69, 9.17) is 0 Å². The van der Waals surface area contributed by atoms with Gasteiger partial charge >= 0.3 is 0 Å². The maximum Gasteiger partial charge on any atom is 0.132 e. The molecule has 0 saturated heterocycles. The van der Waals surface area contributed by atoms with Crippen LogP contribution in [0.4, 0.5) is 0 Å². The molecule has 0 unspecified atom stereocenters. The van der Waals surface area contributed by atoms with Crippen LogP contribution in [-0.2, 0) is 4.79 Å². The summed E-state index contributed by atoms with van der Waals surface area (Å²) < 4.78 is 0. The van der Waals surface area contributed by atoms with E-state index in [9.17, 15) is 9.90 Å². The molecule has 0 aliphatic heterocycles. The number of aliphatic hydroxyl groups excluding tert-OH is 1. The van der Waals surface area contributed by atoms with Gasteiger partial charge in [-0.25, -0.2) is 0 Å². The van der Waals surface area contributed by atoms with Gasteiger partial charge in [0, 0.05) is 18.8 Å². The second-order valence-corrected chi connectivity index (χ2v) is 2.70. The van der Waals surface area contributed by atoms with Gasteiger partial charge in [0.15, 0.2) is 0 Å². The number of Topliss-reactive ketones (excluding diaryl/α,β-unsaturated/α-hetero) is 1. The third kappa shape index (κ3) is 2.43. The normalized spacial score (nSPS) is 12.5. The first-order valence-corrected chi connectivity index (χ1v) is 3.77. The zero-order valence-corrected chi connectivity index (χ0v) is 6.90. The van der Waals surface area contributed by atoms with E-state index < -0.39 is 6.10 Å². The number of rotatable bonds is 3. The number of ketones is 1. The van der Waals surface area contributed by atoms with Crippen molar-refractivity contribution in [3.8, 4) is 0 Å². The maximum atomic E-state index is 10.7. The number of pyridine rings is 1. The molecule has 64 valence electrons. The van der Waals surface area contributed by atoms with Crippen LogP contribution in [0, 0.1) is 0 Å². The zero-order chi connectivity index (χ0) is 8.97. The fourth-order valence-corrected chi connectivity index (χ4v) is 0.976. The van der Waals surface area contributed by atoms with E-state index in [1.165, 1.54) is 6.92 Å². The highest BCUT2D eigenvalue weighted by Crippen LogP contribution is 2.14. The topological polar surface area (TPSA) is 50.2 Å². The molecular weight excluding hydrogens is 154 g/mol. The minimum Gasteiger partial charge on any atom is -0.388 e. The van der Waals surface area contributed by atoms with Crippen molar-refractivity contribution in [2.24, 2.45) is 0 Å². The van der Waals surface area contributed by atoms with E-state index in [0.717, 1.165) is 5.56 Å². The summed E-state index contributed by atoms with van der Waals surface area (Å²) >= 11 is 0. The first-order valence-electron chi connectivity index (χ1n) is 3.77. The summed E-state index contributed by atoms with van der Waals surface area (Å²) in [6, 6.07) is 3.40. The average Bonchev–Trinajstić information content (AvgIpc) is 2.05. The van der Waals surface area contributed by atoms with E-state index in [0.29, 0.717) is 0 Å². The summed E-state index contributed by atoms with van der Waals surface area (Å²) in [5.74, 6) is -0.0145. The third-order valence-corrected chi connectivity index (χ3v) is 1.57. The van der Waals surface area contributed by atoms with Crippen molar-refractivity contribution in [3.63, 3.8) is 0 Å². The van der Waals surface area contributed by atoms with Crippen molar-refractivity contribution in [1.29, 1.82) is 0 Å². The molecule has 0 radical (unpaired) electrons. The van der Waals surface area contributed by atoms with Crippen LogP contribution in [-0.4, -0.2) is 15.9 Å². The van der Waals surface area contributed by atoms with Crippen LogP contribution in [0.25, 0.3) is 0 Å². The first-order chi connectivity index (χ1) is 5.70. The zero-order valence-electron chi connectivity index (χ0n) is 6.90. The molecule has 0 spiro atoms. The SMILES string of the molecule is CC(=O)C[C@H](O)c1ccncc1. The summed E-state index contributed by atoms with van der Waals surface area (Å²) in [6.07, 6.45) is 2.67. The molecule has 0 amide bonds. The Morgan fingerprint density at radius 1 is 1.58 bits per heavy atom. The molecule has 0 fully saturated rings. The molecule has 1 N–H and O–H groups in total. The maximum absolute atomic E-state index is 10.7. The molecule has 0 aromatic carbocycles. The number of carbonyl (C=O) groups excluding carboxylic acids is 1. The predicted molar refractivity (Wildman–Crippen MR) is 44.5 cm³/mol. The van der Waals surface area contributed by atoms with Gasteiger partial charge in [-0.1, -0.05) is 0 Å². The van der Waals surface area contributed by atoms with Gasteiger partial charge in [0.05, 0.1) is 6.10 Å². The Morgan fingerprint density at radius 2 is 2.17 bits per heavy atom. The lowest BCUT2D eigenvalue weighted by Crippen LogP contribution is -2.02. The number of hydrogen-bond acceptors (Lipinski definition) is 3. The monoisotopic (exact) mass is 165 g/mol. The van der Waals surface area contributed by atoms with Crippen LogP contribution in [0.3, 0.4) is 0 Å². The molecule has 0 bridgehead atoms. The largest absolute Gasteiger partial charge is 0.388 e. The molecule has 1 atom stereocenters. The van der Waals surface area contributed by atoms with Gasteiger partial charge in [-0.3, -0.25) is 9.78 Å². The van der Waals surface area contributed by atoms with Gasteiger partial charge in [-0.05, 0) is 24.6 Å². The van der Waals surface area contributed by atoms with Crippen molar-refractivity contribution in [2.75, 3.05) is 0 Å². The van der Waals surface area contributed by atoms with Gasteiger partial charge in [0.25, 0.3) is 0 Å². The summed E-state index contributed by atoms with van der Waals surface area (Å²) in [6.45, 7) is 1.46. The first kappa shape index (κ1) is 8.87. The Morgan fingerprint density at radius 3 is 2.67 bits per heavy atom. The van der Waals surface area contributed by atoms with Crippen molar-refractivity contribution in [1.82, 2.24) is 4.98 Å². The van der Waals surface area contributed by atoms with E-state index >= 15 is 0 Å². The summed E-state index contributed by atoms with van der Waals surface area (Å²) in [5, 5.41) is 9.44. The summed E-state index contributed by atoms with van der Waals surface area (Å²) in [7, 11) is 0. The standard InChI is InChI=1S/C9H11NO2/c1-7(11)6-9(12)8-2-4-10-5-3-8/h2-5,9,12H,6H2,1H3/t9-/m0/s1. The Kier molecular flexibility index (Phi) is 2.94. The second kappa shape index (κ2) is 3.97. The van der Waals surface area contributed by atoms with Gasteiger partial charge in [-0.15, -0.1) is 0 Å². The third-order valence-electron chi connectivity index (χ3n) is 1.57. The van der Waals surface area contributed by atoms with Crippen LogP contribution in [0.1, 0.15) is 25.0 Å². The number of aliphatic hydroxyl groups is 1. The number of aromatic nitrogens is 1. The fraction of sp³-hybridized carbons (Fsp3) is 0.333. The van der Waals surface area contributed by atoms with Crippen molar-refractivity contribution < 1.29 is 9.90 Å². The van der Waals surface area contributed by atoms with Crippen LogP contribution in [0.15, 0.2) is 24.5 Å². The molecule has 1 aromatic heterocycles. The van der Waals surface area contributed by atoms with E-state index in [-0.39, 0.29) is 12.2 Å². The van der Waals surface area contributed by atoms with Crippen molar-refractivity contribution >= 4 is 5.78 Å². The second-order valence-electron chi connectivity index (χ2n) is 2.70. The Hall–Kier alpha value is -1.22. The minimum absolute atomic E-state index is 0.0145. The van der Waals surface area contributed by atoms with Crippen LogP contribution >= 0.6 is 0 Å². The Labute approximate surface area is 71.1 Å². The van der Waals surface area contributed by atoms with Crippen LogP contribution in [0.2, 0.25) is 0 Å². The van der Waals surface area contributed by atoms with Gasteiger partial charge in [-0.2, -0.15) is 0 Å². The smallest absolute Gasteiger partial charge is 0.132 e. The number of carbonyl (C=O) groups is 1. The van der Waals surface area contributed by atoms with Crippen molar-refractivity contribution in [2.45, 2.75) is 19.4 Å². The molecule has 1 aromatic rings. The van der Waals surface area contributed by atoms with Gasteiger partial charge in [0.1, 0.15) is 5.78 Å².